The van der Waals surface area contributed by atoms with Crippen LogP contribution in [0.4, 0.5) is 26.3 Å². The van der Waals surface area contributed by atoms with Gasteiger partial charge in [-0.2, -0.15) is 22.0 Å². The first kappa shape index (κ1) is 14.1. The molecular weight excluding hydrogens is 314 g/mol. The topological polar surface area (TPSA) is 0 Å². The molecule has 0 bridgehead atoms. The van der Waals surface area contributed by atoms with Gasteiger partial charge in [-0.25, -0.2) is 4.39 Å². The molecule has 0 saturated heterocycles. The summed E-state index contributed by atoms with van der Waals surface area (Å²) in [6.07, 6.45) is -5.21. The monoisotopic (exact) mass is 318 g/mol. The van der Waals surface area contributed by atoms with E-state index in [-0.39, 0.29) is 0 Å². The van der Waals surface area contributed by atoms with E-state index in [2.05, 4.69) is 0 Å². The maximum absolute atomic E-state index is 13.1. The molecule has 0 aliphatic carbocycles. The lowest BCUT2D eigenvalue weighted by atomic mass is 10.0. The van der Waals surface area contributed by atoms with Crippen LogP contribution in [0, 0.1) is 0 Å². The first-order valence-corrected chi connectivity index (χ1v) is 5.03. The second kappa shape index (κ2) is 4.72. The average Bonchev–Trinajstić information content (AvgIpc) is 2.15. The van der Waals surface area contributed by atoms with Crippen LogP contribution in [0.1, 0.15) is 5.56 Å². The summed E-state index contributed by atoms with van der Waals surface area (Å²) in [6.45, 7) is 0. The zero-order valence-corrected chi connectivity index (χ0v) is 9.62. The second-order valence-corrected chi connectivity index (χ2v) is 4.05. The first-order valence-electron chi connectivity index (χ1n) is 4.23. The molecule has 1 aromatic rings. The highest BCUT2D eigenvalue weighted by atomic mass is 79.9. The minimum Gasteiger partial charge on any atom is -0.203 e. The third-order valence-corrected chi connectivity index (χ3v) is 2.16. The van der Waals surface area contributed by atoms with Crippen molar-refractivity contribution < 1.29 is 26.3 Å². The van der Waals surface area contributed by atoms with Gasteiger partial charge in [0.2, 0.25) is 0 Å². The predicted octanol–water partition coefficient (Wildman–Crippen LogP) is 4.92. The molecule has 0 nitrogen and oxygen atoms in total. The van der Waals surface area contributed by atoms with Crippen LogP contribution < -0.4 is 0 Å². The molecule has 0 aliphatic heterocycles. The van der Waals surface area contributed by atoms with Gasteiger partial charge < -0.3 is 0 Å². The van der Waals surface area contributed by atoms with Gasteiger partial charge in [-0.1, -0.05) is 30.3 Å². The molecule has 0 amide bonds. The maximum atomic E-state index is 13.1. The third kappa shape index (κ3) is 3.49. The lowest BCUT2D eigenvalue weighted by Crippen LogP contribution is -2.18. The Labute approximate surface area is 101 Å². The van der Waals surface area contributed by atoms with Crippen LogP contribution in [0.2, 0.25) is 0 Å². The van der Waals surface area contributed by atoms with Crippen molar-refractivity contribution >= 4 is 21.5 Å². The quantitative estimate of drug-likeness (QED) is 0.536. The van der Waals surface area contributed by atoms with Crippen molar-refractivity contribution in [1.82, 2.24) is 0 Å². The summed E-state index contributed by atoms with van der Waals surface area (Å²) in [7, 11) is 0. The van der Waals surface area contributed by atoms with Gasteiger partial charge in [0.15, 0.2) is 5.83 Å². The normalized spacial score (nSPS) is 14.5. The number of hydrogen-bond acceptors (Lipinski definition) is 0. The Bertz CT molecular complexity index is 415. The molecule has 0 heterocycles. The van der Waals surface area contributed by atoms with Gasteiger partial charge >= 0.3 is 11.0 Å². The molecule has 7 heteroatoms. The van der Waals surface area contributed by atoms with Crippen LogP contribution in [-0.2, 0) is 0 Å². The molecule has 0 fully saturated rings. The smallest absolute Gasteiger partial charge is 0.203 e. The van der Waals surface area contributed by atoms with Gasteiger partial charge in [0, 0.05) is 0 Å². The molecule has 0 saturated carbocycles. The fraction of sp³-hybridized carbons (Fsp3) is 0.200. The highest BCUT2D eigenvalue weighted by Gasteiger charge is 2.45. The molecule has 0 N–H and O–H groups in total. The van der Waals surface area contributed by atoms with E-state index in [1.807, 2.05) is 0 Å². The van der Waals surface area contributed by atoms with Crippen LogP contribution in [-0.4, -0.2) is 11.0 Å². The molecule has 0 spiro atoms. The molecular formula is C10H5BrF6. The Morgan fingerprint density at radius 1 is 0.941 bits per heavy atom. The summed E-state index contributed by atoms with van der Waals surface area (Å²) in [4.78, 5) is -4.35. The van der Waals surface area contributed by atoms with E-state index in [4.69, 9.17) is 0 Å². The molecule has 1 aromatic carbocycles. The molecule has 17 heavy (non-hydrogen) atoms. The van der Waals surface area contributed by atoms with Gasteiger partial charge in [0.05, 0.1) is 0 Å². The van der Waals surface area contributed by atoms with Crippen molar-refractivity contribution in [3.05, 3.63) is 41.7 Å². The van der Waals surface area contributed by atoms with Gasteiger partial charge in [-0.05, 0) is 21.5 Å². The summed E-state index contributed by atoms with van der Waals surface area (Å²) in [5.74, 6) is -2.56. The fourth-order valence-corrected chi connectivity index (χ4v) is 1.36. The Balaban J connectivity index is 3.44. The molecule has 0 aromatic heterocycles. The number of rotatable bonds is 2. The summed E-state index contributed by atoms with van der Waals surface area (Å²) < 4.78 is 75.9. The summed E-state index contributed by atoms with van der Waals surface area (Å²) in [6, 6.07) is 5.59. The van der Waals surface area contributed by atoms with E-state index in [0.717, 1.165) is 12.1 Å². The lowest BCUT2D eigenvalue weighted by Gasteiger charge is -2.16. The van der Waals surface area contributed by atoms with E-state index in [1.165, 1.54) is 18.2 Å². The number of hydrogen-bond donors (Lipinski definition) is 0. The maximum Gasteiger partial charge on any atom is 0.419 e. The van der Waals surface area contributed by atoms with Gasteiger partial charge in [0.1, 0.15) is 5.57 Å². The highest BCUT2D eigenvalue weighted by Crippen LogP contribution is 2.44. The lowest BCUT2D eigenvalue weighted by molar-refractivity contribution is -0.0718. The highest BCUT2D eigenvalue weighted by molar-refractivity contribution is 9.10. The van der Waals surface area contributed by atoms with Gasteiger partial charge in [-0.15, -0.1) is 0 Å². The largest absolute Gasteiger partial charge is 0.419 e. The van der Waals surface area contributed by atoms with Crippen LogP contribution in [0.5, 0.6) is 0 Å². The number of allylic oxidation sites excluding steroid dienone is 2. The average molecular weight is 319 g/mol. The first-order chi connectivity index (χ1) is 7.64. The third-order valence-electron chi connectivity index (χ3n) is 1.81. The Morgan fingerprint density at radius 2 is 1.41 bits per heavy atom. The van der Waals surface area contributed by atoms with E-state index in [0.29, 0.717) is 0 Å². The molecule has 1 rings (SSSR count). The van der Waals surface area contributed by atoms with Crippen molar-refractivity contribution in [3.8, 4) is 0 Å². The summed E-state index contributed by atoms with van der Waals surface area (Å²) >= 11 is 1.57. The van der Waals surface area contributed by atoms with Crippen LogP contribution in [0.25, 0.3) is 5.57 Å². The SMILES string of the molecule is F/C(=C(/c1ccccc1)C(F)(F)F)C(F)(F)Br. The Morgan fingerprint density at radius 3 is 1.76 bits per heavy atom. The van der Waals surface area contributed by atoms with Crippen molar-refractivity contribution in [2.24, 2.45) is 0 Å². The molecule has 0 atom stereocenters. The van der Waals surface area contributed by atoms with Crippen molar-refractivity contribution in [2.75, 3.05) is 0 Å². The number of benzene rings is 1. The zero-order valence-electron chi connectivity index (χ0n) is 8.03. The van der Waals surface area contributed by atoms with E-state index in [9.17, 15) is 26.3 Å². The van der Waals surface area contributed by atoms with Crippen LogP contribution in [0.15, 0.2) is 36.2 Å². The van der Waals surface area contributed by atoms with Crippen molar-refractivity contribution in [3.63, 3.8) is 0 Å². The van der Waals surface area contributed by atoms with Gasteiger partial charge in [0.25, 0.3) is 0 Å². The Kier molecular flexibility index (Phi) is 3.91. The summed E-state index contributed by atoms with van der Waals surface area (Å²) in [5, 5.41) is 0. The predicted molar refractivity (Wildman–Crippen MR) is 54.4 cm³/mol. The molecule has 0 unspecified atom stereocenters. The van der Waals surface area contributed by atoms with E-state index >= 15 is 0 Å². The fourth-order valence-electron chi connectivity index (χ4n) is 1.16. The van der Waals surface area contributed by atoms with E-state index in [1.54, 1.807) is 15.9 Å². The zero-order chi connectivity index (χ0) is 13.3. The van der Waals surface area contributed by atoms with Gasteiger partial charge in [-0.3, -0.25) is 0 Å². The summed E-state index contributed by atoms with van der Waals surface area (Å²) in [5.41, 5.74) is -2.64. The number of alkyl halides is 6. The molecule has 0 aliphatic rings. The van der Waals surface area contributed by atoms with Crippen molar-refractivity contribution in [1.29, 1.82) is 0 Å². The minimum atomic E-state index is -5.21. The van der Waals surface area contributed by atoms with Crippen molar-refractivity contribution in [2.45, 2.75) is 11.0 Å². The van der Waals surface area contributed by atoms with Crippen LogP contribution >= 0.6 is 15.9 Å². The molecule has 0 radical (unpaired) electrons. The standard InChI is InChI=1S/C10H5BrF6/c11-9(13,14)8(12)7(10(15,16)17)6-4-2-1-3-5-6/h1-5H/b8-7-. The second-order valence-electron chi connectivity index (χ2n) is 3.05. The number of halogens is 7. The minimum absolute atomic E-state index is 0.656. The van der Waals surface area contributed by atoms with E-state index < -0.39 is 28.0 Å². The van der Waals surface area contributed by atoms with Crippen LogP contribution in [0.3, 0.4) is 0 Å². The Hall–Kier alpha value is -0.980. The molecule has 94 valence electrons.